The van der Waals surface area contributed by atoms with Crippen LogP contribution in [-0.2, 0) is 14.8 Å². The molecule has 1 heterocycles. The number of sulfonamides is 1. The Bertz CT molecular complexity index is 354. The highest BCUT2D eigenvalue weighted by molar-refractivity contribution is 7.89. The van der Waals surface area contributed by atoms with Crippen molar-refractivity contribution in [2.24, 2.45) is 0 Å². The van der Waals surface area contributed by atoms with Gasteiger partial charge >= 0.3 is 0 Å². The molecule has 1 fully saturated rings. The Kier molecular flexibility index (Phi) is 5.35. The van der Waals surface area contributed by atoms with Crippen molar-refractivity contribution in [1.82, 2.24) is 14.9 Å². The molecule has 1 saturated heterocycles. The van der Waals surface area contributed by atoms with Gasteiger partial charge in [-0.2, -0.15) is 4.31 Å². The van der Waals surface area contributed by atoms with Gasteiger partial charge in [0.15, 0.2) is 0 Å². The maximum atomic E-state index is 11.9. The highest BCUT2D eigenvalue weighted by atomic mass is 32.2. The van der Waals surface area contributed by atoms with Crippen molar-refractivity contribution in [2.75, 3.05) is 31.9 Å². The Labute approximate surface area is 103 Å². The van der Waals surface area contributed by atoms with Crippen molar-refractivity contribution < 1.29 is 13.2 Å². The van der Waals surface area contributed by atoms with Crippen LogP contribution in [0.25, 0.3) is 0 Å². The minimum atomic E-state index is -3.28. The first kappa shape index (κ1) is 14.4. The van der Waals surface area contributed by atoms with E-state index in [1.165, 1.54) is 4.31 Å². The van der Waals surface area contributed by atoms with Gasteiger partial charge in [0.2, 0.25) is 15.9 Å². The molecule has 1 amide bonds. The molecule has 0 bridgehead atoms. The third kappa shape index (κ3) is 5.01. The Morgan fingerprint density at radius 3 is 2.76 bits per heavy atom. The Morgan fingerprint density at radius 2 is 2.18 bits per heavy atom. The smallest absolute Gasteiger partial charge is 0.235 e. The fourth-order valence-electron chi connectivity index (χ4n) is 1.63. The van der Waals surface area contributed by atoms with E-state index in [0.29, 0.717) is 32.1 Å². The van der Waals surface area contributed by atoms with Crippen LogP contribution < -0.4 is 10.6 Å². The second-order valence-electron chi connectivity index (χ2n) is 4.46. The second kappa shape index (κ2) is 6.32. The summed E-state index contributed by atoms with van der Waals surface area (Å²) in [5, 5.41) is 5.78. The molecule has 1 rings (SSSR count). The first-order valence-corrected chi connectivity index (χ1v) is 7.50. The lowest BCUT2D eigenvalue weighted by Gasteiger charge is -2.25. The van der Waals surface area contributed by atoms with Gasteiger partial charge in [-0.3, -0.25) is 4.79 Å². The summed E-state index contributed by atoms with van der Waals surface area (Å²) in [7, 11) is -3.28. The van der Waals surface area contributed by atoms with E-state index in [4.69, 9.17) is 0 Å². The third-order valence-corrected chi connectivity index (χ3v) is 4.43. The van der Waals surface area contributed by atoms with Gasteiger partial charge in [-0.1, -0.05) is 13.8 Å². The monoisotopic (exact) mass is 263 g/mol. The molecule has 0 aliphatic carbocycles. The van der Waals surface area contributed by atoms with Crippen molar-refractivity contribution in [2.45, 2.75) is 26.3 Å². The number of hydrogen-bond donors (Lipinski definition) is 2. The van der Waals surface area contributed by atoms with Crippen molar-refractivity contribution in [1.29, 1.82) is 0 Å². The first-order chi connectivity index (χ1) is 7.92. The second-order valence-corrected chi connectivity index (χ2v) is 6.55. The molecule has 100 valence electrons. The largest absolute Gasteiger partial charge is 0.354 e. The molecule has 0 aromatic carbocycles. The molecule has 0 unspecified atom stereocenters. The van der Waals surface area contributed by atoms with E-state index < -0.39 is 10.0 Å². The Morgan fingerprint density at radius 1 is 1.47 bits per heavy atom. The summed E-state index contributed by atoms with van der Waals surface area (Å²) >= 11 is 0. The lowest BCUT2D eigenvalue weighted by Crippen LogP contribution is -2.50. The number of rotatable bonds is 6. The minimum Gasteiger partial charge on any atom is -0.354 e. The molecule has 17 heavy (non-hydrogen) atoms. The van der Waals surface area contributed by atoms with Gasteiger partial charge in [0.25, 0.3) is 0 Å². The maximum absolute atomic E-state index is 11.9. The summed E-state index contributed by atoms with van der Waals surface area (Å²) in [5.41, 5.74) is 0. The molecule has 2 N–H and O–H groups in total. The van der Waals surface area contributed by atoms with E-state index >= 15 is 0 Å². The number of carbonyl (C=O) groups is 1. The molecule has 6 nitrogen and oxygen atoms in total. The molecule has 0 saturated carbocycles. The molecular formula is C10H21N3O3S. The standard InChI is InChI=1S/C10H21N3O3S/c1-9(2)11-4-3-7-17(15,16)13-6-5-12-10(14)8-13/h9,11H,3-8H2,1-2H3,(H,12,14). The van der Waals surface area contributed by atoms with Crippen LogP contribution in [0.15, 0.2) is 0 Å². The van der Waals surface area contributed by atoms with Crippen LogP contribution in [0, 0.1) is 0 Å². The molecule has 0 spiro atoms. The number of piperazine rings is 1. The van der Waals surface area contributed by atoms with Gasteiger partial charge in [-0.05, 0) is 13.0 Å². The van der Waals surface area contributed by atoms with Gasteiger partial charge in [-0.15, -0.1) is 0 Å². The van der Waals surface area contributed by atoms with Crippen molar-refractivity contribution in [3.05, 3.63) is 0 Å². The summed E-state index contributed by atoms with van der Waals surface area (Å²) in [6.07, 6.45) is 0.568. The summed E-state index contributed by atoms with van der Waals surface area (Å²) in [4.78, 5) is 11.1. The van der Waals surface area contributed by atoms with Gasteiger partial charge in [0, 0.05) is 19.1 Å². The summed E-state index contributed by atoms with van der Waals surface area (Å²) in [5.74, 6) is -0.125. The fraction of sp³-hybridized carbons (Fsp3) is 0.900. The van der Waals surface area contributed by atoms with E-state index in [-0.39, 0.29) is 18.2 Å². The van der Waals surface area contributed by atoms with Gasteiger partial charge in [0.1, 0.15) is 0 Å². The molecule has 0 radical (unpaired) electrons. The topological polar surface area (TPSA) is 78.5 Å². The highest BCUT2D eigenvalue weighted by Crippen LogP contribution is 2.05. The average molecular weight is 263 g/mol. The van der Waals surface area contributed by atoms with Crippen LogP contribution in [-0.4, -0.2) is 56.6 Å². The summed E-state index contributed by atoms with van der Waals surface area (Å²) < 4.78 is 25.1. The van der Waals surface area contributed by atoms with Crippen LogP contribution in [0.1, 0.15) is 20.3 Å². The lowest BCUT2D eigenvalue weighted by molar-refractivity contribution is -0.122. The van der Waals surface area contributed by atoms with Crippen molar-refractivity contribution in [3.63, 3.8) is 0 Å². The van der Waals surface area contributed by atoms with E-state index in [1.54, 1.807) is 0 Å². The highest BCUT2D eigenvalue weighted by Gasteiger charge is 2.26. The third-order valence-electron chi connectivity index (χ3n) is 2.53. The zero-order valence-corrected chi connectivity index (χ0v) is 11.2. The van der Waals surface area contributed by atoms with Crippen LogP contribution >= 0.6 is 0 Å². The van der Waals surface area contributed by atoms with Crippen LogP contribution in [0.3, 0.4) is 0 Å². The fourth-order valence-corrected chi connectivity index (χ4v) is 3.08. The summed E-state index contributed by atoms with van der Waals surface area (Å²) in [6, 6.07) is 0.360. The molecule has 1 aliphatic heterocycles. The van der Waals surface area contributed by atoms with Gasteiger partial charge < -0.3 is 10.6 Å². The summed E-state index contributed by atoms with van der Waals surface area (Å²) in [6.45, 7) is 5.46. The number of amides is 1. The molecule has 0 aromatic heterocycles. The number of hydrogen-bond acceptors (Lipinski definition) is 4. The number of nitrogens with one attached hydrogen (secondary N) is 2. The Hall–Kier alpha value is -0.660. The van der Waals surface area contributed by atoms with E-state index in [1.807, 2.05) is 13.8 Å². The van der Waals surface area contributed by atoms with Crippen molar-refractivity contribution >= 4 is 15.9 Å². The zero-order chi connectivity index (χ0) is 12.9. The average Bonchev–Trinajstić information content (AvgIpc) is 2.24. The molecule has 7 heteroatoms. The first-order valence-electron chi connectivity index (χ1n) is 5.90. The maximum Gasteiger partial charge on any atom is 0.235 e. The SMILES string of the molecule is CC(C)NCCCS(=O)(=O)N1CCNC(=O)C1. The quantitative estimate of drug-likeness (QED) is 0.611. The predicted molar refractivity (Wildman–Crippen MR) is 66.1 cm³/mol. The van der Waals surface area contributed by atoms with E-state index in [9.17, 15) is 13.2 Å². The number of nitrogens with zero attached hydrogens (tertiary/aromatic N) is 1. The zero-order valence-electron chi connectivity index (χ0n) is 10.4. The van der Waals surface area contributed by atoms with Crippen molar-refractivity contribution in [3.8, 4) is 0 Å². The molecular weight excluding hydrogens is 242 g/mol. The molecule has 0 aromatic rings. The van der Waals surface area contributed by atoms with Crippen LogP contribution in [0.2, 0.25) is 0 Å². The van der Waals surface area contributed by atoms with E-state index in [0.717, 1.165) is 0 Å². The molecule has 0 atom stereocenters. The van der Waals surface area contributed by atoms with Gasteiger partial charge in [0.05, 0.1) is 12.3 Å². The minimum absolute atomic E-state index is 0.0417. The number of carbonyl (C=O) groups excluding carboxylic acids is 1. The molecule has 1 aliphatic rings. The van der Waals surface area contributed by atoms with Crippen LogP contribution in [0.4, 0.5) is 0 Å². The predicted octanol–water partition coefficient (Wildman–Crippen LogP) is -0.864. The van der Waals surface area contributed by atoms with Crippen LogP contribution in [0.5, 0.6) is 0 Å². The lowest BCUT2D eigenvalue weighted by atomic mass is 10.4. The normalized spacial score (nSPS) is 18.4. The van der Waals surface area contributed by atoms with Gasteiger partial charge in [-0.25, -0.2) is 8.42 Å². The van der Waals surface area contributed by atoms with E-state index in [2.05, 4.69) is 10.6 Å². The Balaban J connectivity index is 2.37.